The molecule has 0 saturated carbocycles. The summed E-state index contributed by atoms with van der Waals surface area (Å²) in [7, 11) is 0. The van der Waals surface area contributed by atoms with Gasteiger partial charge in [0.15, 0.2) is 0 Å². The number of nitrogens with zero attached hydrogens (tertiary/aromatic N) is 3. The fourth-order valence-electron chi connectivity index (χ4n) is 2.57. The van der Waals surface area contributed by atoms with Crippen LogP contribution in [0.5, 0.6) is 0 Å². The number of ether oxygens (including phenoxy) is 1. The fourth-order valence-corrected chi connectivity index (χ4v) is 2.57. The van der Waals surface area contributed by atoms with Crippen molar-refractivity contribution in [3.05, 3.63) is 11.6 Å². The Kier molecular flexibility index (Phi) is 5.76. The summed E-state index contributed by atoms with van der Waals surface area (Å²) in [6, 6.07) is 0. The van der Waals surface area contributed by atoms with Crippen molar-refractivity contribution in [2.24, 2.45) is 0 Å². The van der Waals surface area contributed by atoms with Crippen molar-refractivity contribution in [1.29, 1.82) is 0 Å². The first kappa shape index (κ1) is 16.0. The monoisotopic (exact) mass is 295 g/mol. The lowest BCUT2D eigenvalue weighted by atomic mass is 10.2. The second kappa shape index (κ2) is 7.56. The SMILES string of the molecule is CC(C)=CC(=O)N1CCN(CC(=O)N2CCOCC2)CC1. The third-order valence-electron chi connectivity index (χ3n) is 3.82. The van der Waals surface area contributed by atoms with Gasteiger partial charge in [-0.25, -0.2) is 0 Å². The first-order chi connectivity index (χ1) is 10.1. The summed E-state index contributed by atoms with van der Waals surface area (Å²) in [5.41, 5.74) is 1.02. The van der Waals surface area contributed by atoms with Crippen LogP contribution in [0.1, 0.15) is 13.8 Å². The summed E-state index contributed by atoms with van der Waals surface area (Å²) in [6.45, 7) is 9.87. The molecule has 2 saturated heterocycles. The Labute approximate surface area is 126 Å². The molecule has 21 heavy (non-hydrogen) atoms. The minimum atomic E-state index is 0.0779. The van der Waals surface area contributed by atoms with Gasteiger partial charge in [-0.15, -0.1) is 0 Å². The number of carbonyl (C=O) groups excluding carboxylic acids is 2. The van der Waals surface area contributed by atoms with Gasteiger partial charge in [-0.05, 0) is 13.8 Å². The molecule has 0 aromatic heterocycles. The van der Waals surface area contributed by atoms with Crippen LogP contribution < -0.4 is 0 Å². The Hall–Kier alpha value is -1.40. The third kappa shape index (κ3) is 4.82. The second-order valence-electron chi connectivity index (χ2n) is 5.82. The minimum Gasteiger partial charge on any atom is -0.378 e. The van der Waals surface area contributed by atoms with E-state index in [0.717, 1.165) is 18.7 Å². The zero-order chi connectivity index (χ0) is 15.2. The van der Waals surface area contributed by atoms with Crippen molar-refractivity contribution in [1.82, 2.24) is 14.7 Å². The Morgan fingerprint density at radius 2 is 1.57 bits per heavy atom. The van der Waals surface area contributed by atoms with E-state index < -0.39 is 0 Å². The molecular weight excluding hydrogens is 270 g/mol. The number of morpholine rings is 1. The van der Waals surface area contributed by atoms with Crippen LogP contribution in [0.3, 0.4) is 0 Å². The van der Waals surface area contributed by atoms with E-state index in [-0.39, 0.29) is 11.8 Å². The van der Waals surface area contributed by atoms with Crippen LogP contribution in [0.25, 0.3) is 0 Å². The smallest absolute Gasteiger partial charge is 0.246 e. The van der Waals surface area contributed by atoms with Crippen molar-refractivity contribution in [2.45, 2.75) is 13.8 Å². The second-order valence-corrected chi connectivity index (χ2v) is 5.82. The molecule has 2 fully saturated rings. The normalized spacial score (nSPS) is 20.3. The maximum Gasteiger partial charge on any atom is 0.246 e. The van der Waals surface area contributed by atoms with Gasteiger partial charge in [-0.3, -0.25) is 14.5 Å². The first-order valence-electron chi connectivity index (χ1n) is 7.58. The molecule has 118 valence electrons. The van der Waals surface area contributed by atoms with Gasteiger partial charge in [0.25, 0.3) is 0 Å². The molecule has 0 unspecified atom stereocenters. The van der Waals surface area contributed by atoms with E-state index in [9.17, 15) is 9.59 Å². The van der Waals surface area contributed by atoms with Gasteiger partial charge in [0.05, 0.1) is 19.8 Å². The number of amides is 2. The zero-order valence-electron chi connectivity index (χ0n) is 13.0. The quantitative estimate of drug-likeness (QED) is 0.685. The molecule has 0 aromatic rings. The molecule has 0 bridgehead atoms. The van der Waals surface area contributed by atoms with E-state index in [1.807, 2.05) is 23.6 Å². The van der Waals surface area contributed by atoms with Crippen molar-refractivity contribution >= 4 is 11.8 Å². The van der Waals surface area contributed by atoms with Gasteiger partial charge >= 0.3 is 0 Å². The molecular formula is C15H25N3O3. The third-order valence-corrected chi connectivity index (χ3v) is 3.82. The van der Waals surface area contributed by atoms with Gasteiger partial charge in [-0.1, -0.05) is 5.57 Å². The van der Waals surface area contributed by atoms with Crippen LogP contribution in [-0.4, -0.2) is 85.5 Å². The largest absolute Gasteiger partial charge is 0.378 e. The molecule has 0 atom stereocenters. The van der Waals surface area contributed by atoms with Crippen molar-refractivity contribution in [3.8, 4) is 0 Å². The van der Waals surface area contributed by atoms with Crippen LogP contribution in [0.15, 0.2) is 11.6 Å². The number of rotatable bonds is 3. The number of carbonyl (C=O) groups is 2. The molecule has 2 rings (SSSR count). The Balaban J connectivity index is 1.75. The van der Waals surface area contributed by atoms with E-state index in [2.05, 4.69) is 4.90 Å². The number of allylic oxidation sites excluding steroid dienone is 1. The molecule has 2 aliphatic rings. The van der Waals surface area contributed by atoms with Crippen LogP contribution in [0.2, 0.25) is 0 Å². The highest BCUT2D eigenvalue weighted by atomic mass is 16.5. The van der Waals surface area contributed by atoms with Crippen molar-refractivity contribution in [3.63, 3.8) is 0 Å². The number of hydrogen-bond acceptors (Lipinski definition) is 4. The Bertz CT molecular complexity index is 404. The summed E-state index contributed by atoms with van der Waals surface area (Å²) >= 11 is 0. The number of hydrogen-bond donors (Lipinski definition) is 0. The topological polar surface area (TPSA) is 53.1 Å². The molecule has 0 spiro atoms. The van der Waals surface area contributed by atoms with Crippen LogP contribution in [-0.2, 0) is 14.3 Å². The summed E-state index contributed by atoms with van der Waals surface area (Å²) in [4.78, 5) is 29.9. The maximum absolute atomic E-state index is 12.2. The molecule has 0 aromatic carbocycles. The molecule has 2 heterocycles. The minimum absolute atomic E-state index is 0.0779. The van der Waals surface area contributed by atoms with E-state index in [0.29, 0.717) is 45.9 Å². The standard InChI is InChI=1S/C15H25N3O3/c1-13(2)11-14(19)17-5-3-16(4-6-17)12-15(20)18-7-9-21-10-8-18/h11H,3-10,12H2,1-2H3. The van der Waals surface area contributed by atoms with E-state index >= 15 is 0 Å². The van der Waals surface area contributed by atoms with Gasteiger partial charge in [0.1, 0.15) is 0 Å². The summed E-state index contributed by atoms with van der Waals surface area (Å²) in [5, 5.41) is 0. The van der Waals surface area contributed by atoms with E-state index in [4.69, 9.17) is 4.74 Å². The van der Waals surface area contributed by atoms with Gasteiger partial charge in [0.2, 0.25) is 11.8 Å². The number of piperazine rings is 1. The average Bonchev–Trinajstić information content (AvgIpc) is 2.48. The van der Waals surface area contributed by atoms with Gasteiger partial charge in [0, 0.05) is 45.3 Å². The highest BCUT2D eigenvalue weighted by molar-refractivity contribution is 5.88. The first-order valence-corrected chi connectivity index (χ1v) is 7.58. The summed E-state index contributed by atoms with van der Waals surface area (Å²) in [5.74, 6) is 0.247. The molecule has 6 nitrogen and oxygen atoms in total. The molecule has 0 aliphatic carbocycles. The highest BCUT2D eigenvalue weighted by Gasteiger charge is 2.24. The van der Waals surface area contributed by atoms with Crippen LogP contribution >= 0.6 is 0 Å². The average molecular weight is 295 g/mol. The van der Waals surface area contributed by atoms with Crippen LogP contribution in [0.4, 0.5) is 0 Å². The van der Waals surface area contributed by atoms with E-state index in [1.165, 1.54) is 0 Å². The lowest BCUT2D eigenvalue weighted by Crippen LogP contribution is -2.52. The summed E-state index contributed by atoms with van der Waals surface area (Å²) in [6.07, 6.45) is 1.68. The Morgan fingerprint density at radius 1 is 0.952 bits per heavy atom. The van der Waals surface area contributed by atoms with Crippen LogP contribution in [0, 0.1) is 0 Å². The molecule has 0 N–H and O–H groups in total. The maximum atomic E-state index is 12.2. The van der Waals surface area contributed by atoms with Crippen molar-refractivity contribution < 1.29 is 14.3 Å². The lowest BCUT2D eigenvalue weighted by Gasteiger charge is -2.35. The van der Waals surface area contributed by atoms with E-state index in [1.54, 1.807) is 6.08 Å². The molecule has 2 amide bonds. The Morgan fingerprint density at radius 3 is 2.14 bits per heavy atom. The highest BCUT2D eigenvalue weighted by Crippen LogP contribution is 2.06. The molecule has 0 radical (unpaired) electrons. The predicted molar refractivity (Wildman–Crippen MR) is 79.9 cm³/mol. The van der Waals surface area contributed by atoms with Crippen molar-refractivity contribution in [2.75, 3.05) is 59.0 Å². The van der Waals surface area contributed by atoms with Gasteiger partial charge in [-0.2, -0.15) is 0 Å². The fraction of sp³-hybridized carbons (Fsp3) is 0.733. The molecule has 6 heteroatoms. The lowest BCUT2D eigenvalue weighted by molar-refractivity contribution is -0.137. The molecule has 2 aliphatic heterocycles. The predicted octanol–water partition coefficient (Wildman–Crippen LogP) is -0.0444. The summed E-state index contributed by atoms with van der Waals surface area (Å²) < 4.78 is 5.25. The van der Waals surface area contributed by atoms with Gasteiger partial charge < -0.3 is 14.5 Å². The zero-order valence-corrected chi connectivity index (χ0v) is 13.0.